The minimum Gasteiger partial charge on any atom is -0.436 e. The van der Waals surface area contributed by atoms with Gasteiger partial charge in [-0.15, -0.1) is 0 Å². The second kappa shape index (κ2) is 5.52. The molecule has 17 heavy (non-hydrogen) atoms. The van der Waals surface area contributed by atoms with Gasteiger partial charge in [0.2, 0.25) is 5.88 Å². The van der Waals surface area contributed by atoms with E-state index >= 15 is 0 Å². The van der Waals surface area contributed by atoms with Crippen molar-refractivity contribution in [3.05, 3.63) is 43.6 Å². The first-order chi connectivity index (χ1) is 8.08. The highest BCUT2D eigenvalue weighted by atomic mass is 79.9. The van der Waals surface area contributed by atoms with Gasteiger partial charge in [0.05, 0.1) is 5.02 Å². The van der Waals surface area contributed by atoms with Crippen molar-refractivity contribution in [2.24, 2.45) is 0 Å². The lowest BCUT2D eigenvalue weighted by Crippen LogP contribution is -1.92. The fourth-order valence-corrected chi connectivity index (χ4v) is 1.97. The molecule has 0 saturated heterocycles. The van der Waals surface area contributed by atoms with Gasteiger partial charge in [-0.1, -0.05) is 39.1 Å². The van der Waals surface area contributed by atoms with E-state index in [-0.39, 0.29) is 5.15 Å². The summed E-state index contributed by atoms with van der Waals surface area (Å²) < 4.78 is 6.90. The summed E-state index contributed by atoms with van der Waals surface area (Å²) in [6.07, 6.45) is 1.31. The van der Waals surface area contributed by atoms with Crippen LogP contribution in [0, 0.1) is 0 Å². The van der Waals surface area contributed by atoms with E-state index in [2.05, 4.69) is 41.8 Å². The monoisotopic (exact) mass is 396 g/mol. The molecule has 3 nitrogen and oxygen atoms in total. The van der Waals surface area contributed by atoms with Crippen molar-refractivity contribution in [2.75, 3.05) is 0 Å². The standard InChI is InChI=1S/C10H4Br2Cl2N2O/c11-5-1-2-6(13)7(3-5)17-10-8(12)9(14)15-4-16-10/h1-4H. The van der Waals surface area contributed by atoms with Crippen LogP contribution in [0.15, 0.2) is 33.5 Å². The first kappa shape index (κ1) is 13.1. The van der Waals surface area contributed by atoms with E-state index in [1.165, 1.54) is 6.33 Å². The fourth-order valence-electron chi connectivity index (χ4n) is 1.06. The van der Waals surface area contributed by atoms with Crippen LogP contribution in [-0.4, -0.2) is 9.97 Å². The lowest BCUT2D eigenvalue weighted by atomic mass is 10.3. The number of aromatic nitrogens is 2. The van der Waals surface area contributed by atoms with Gasteiger partial charge in [-0.2, -0.15) is 0 Å². The zero-order chi connectivity index (χ0) is 12.4. The number of halogens is 4. The van der Waals surface area contributed by atoms with E-state index in [0.29, 0.717) is 21.1 Å². The molecule has 1 aromatic carbocycles. The molecule has 2 rings (SSSR count). The Kier molecular flexibility index (Phi) is 4.25. The van der Waals surface area contributed by atoms with Gasteiger partial charge in [0, 0.05) is 4.47 Å². The molecule has 7 heteroatoms. The maximum Gasteiger partial charge on any atom is 0.238 e. The van der Waals surface area contributed by atoms with Crippen molar-refractivity contribution in [3.63, 3.8) is 0 Å². The lowest BCUT2D eigenvalue weighted by Gasteiger charge is -2.08. The summed E-state index contributed by atoms with van der Waals surface area (Å²) in [7, 11) is 0. The summed E-state index contributed by atoms with van der Waals surface area (Å²) in [5.41, 5.74) is 0. The second-order valence-corrected chi connectivity index (χ2v) is 5.43. The Labute approximate surface area is 124 Å². The Morgan fingerprint density at radius 3 is 2.65 bits per heavy atom. The molecule has 0 fully saturated rings. The Morgan fingerprint density at radius 2 is 1.88 bits per heavy atom. The molecule has 0 saturated carbocycles. The quantitative estimate of drug-likeness (QED) is 0.660. The third-order valence-electron chi connectivity index (χ3n) is 1.81. The van der Waals surface area contributed by atoms with Crippen LogP contribution in [0.3, 0.4) is 0 Å². The van der Waals surface area contributed by atoms with Gasteiger partial charge >= 0.3 is 0 Å². The zero-order valence-corrected chi connectivity index (χ0v) is 12.8. The van der Waals surface area contributed by atoms with Crippen molar-refractivity contribution in [1.29, 1.82) is 0 Å². The molecular weight excluding hydrogens is 395 g/mol. The normalized spacial score (nSPS) is 10.4. The molecule has 0 aliphatic heterocycles. The summed E-state index contributed by atoms with van der Waals surface area (Å²) in [5, 5.41) is 0.760. The number of ether oxygens (including phenoxy) is 1. The Morgan fingerprint density at radius 1 is 1.12 bits per heavy atom. The zero-order valence-electron chi connectivity index (χ0n) is 8.12. The molecule has 0 bridgehead atoms. The molecule has 0 aliphatic rings. The third-order valence-corrected chi connectivity index (χ3v) is 3.85. The molecule has 0 unspecified atom stereocenters. The van der Waals surface area contributed by atoms with Gasteiger partial charge in [-0.25, -0.2) is 9.97 Å². The van der Waals surface area contributed by atoms with Gasteiger partial charge in [0.15, 0.2) is 5.15 Å². The van der Waals surface area contributed by atoms with Gasteiger partial charge in [-0.05, 0) is 34.1 Å². The van der Waals surface area contributed by atoms with E-state index in [4.69, 9.17) is 27.9 Å². The van der Waals surface area contributed by atoms with Crippen LogP contribution in [0.5, 0.6) is 11.6 Å². The number of hydrogen-bond donors (Lipinski definition) is 0. The summed E-state index contributed by atoms with van der Waals surface area (Å²) >= 11 is 18.4. The third kappa shape index (κ3) is 3.10. The Bertz CT molecular complexity index is 566. The molecule has 0 aliphatic carbocycles. The average molecular weight is 399 g/mol. The summed E-state index contributed by atoms with van der Waals surface area (Å²) in [4.78, 5) is 7.77. The molecule has 2 aromatic rings. The molecule has 0 spiro atoms. The lowest BCUT2D eigenvalue weighted by molar-refractivity contribution is 0.458. The van der Waals surface area contributed by atoms with E-state index in [1.54, 1.807) is 12.1 Å². The molecular formula is C10H4Br2Cl2N2O. The Balaban J connectivity index is 2.38. The van der Waals surface area contributed by atoms with E-state index in [0.717, 1.165) is 4.47 Å². The summed E-state index contributed by atoms with van der Waals surface area (Å²) in [6, 6.07) is 5.28. The minimum atomic E-state index is 0.279. The highest BCUT2D eigenvalue weighted by molar-refractivity contribution is 9.10. The number of hydrogen-bond acceptors (Lipinski definition) is 3. The van der Waals surface area contributed by atoms with Gasteiger partial charge < -0.3 is 4.74 Å². The van der Waals surface area contributed by atoms with Crippen LogP contribution in [0.1, 0.15) is 0 Å². The predicted octanol–water partition coefficient (Wildman–Crippen LogP) is 5.10. The van der Waals surface area contributed by atoms with Crippen LogP contribution >= 0.6 is 55.1 Å². The minimum absolute atomic E-state index is 0.279. The SMILES string of the molecule is Clc1ccc(Br)cc1Oc1ncnc(Cl)c1Br. The second-order valence-electron chi connectivity index (χ2n) is 2.96. The van der Waals surface area contributed by atoms with Crippen molar-refractivity contribution < 1.29 is 4.74 Å². The van der Waals surface area contributed by atoms with Crippen molar-refractivity contribution in [3.8, 4) is 11.6 Å². The maximum absolute atomic E-state index is 6.00. The number of rotatable bonds is 2. The van der Waals surface area contributed by atoms with Crippen LogP contribution in [0.25, 0.3) is 0 Å². The fraction of sp³-hybridized carbons (Fsp3) is 0. The Hall–Kier alpha value is -0.360. The van der Waals surface area contributed by atoms with Crippen molar-refractivity contribution in [1.82, 2.24) is 9.97 Å². The first-order valence-corrected chi connectivity index (χ1v) is 6.71. The number of benzene rings is 1. The molecule has 0 N–H and O–H groups in total. The summed E-state index contributed by atoms with van der Waals surface area (Å²) in [5.74, 6) is 0.793. The van der Waals surface area contributed by atoms with Crippen molar-refractivity contribution in [2.45, 2.75) is 0 Å². The topological polar surface area (TPSA) is 35.0 Å². The highest BCUT2D eigenvalue weighted by Crippen LogP contribution is 2.35. The molecule has 1 heterocycles. The van der Waals surface area contributed by atoms with Crippen LogP contribution in [0.2, 0.25) is 10.2 Å². The van der Waals surface area contributed by atoms with E-state index in [1.807, 2.05) is 6.07 Å². The van der Waals surface area contributed by atoms with Crippen LogP contribution in [-0.2, 0) is 0 Å². The first-order valence-electron chi connectivity index (χ1n) is 4.37. The van der Waals surface area contributed by atoms with Crippen LogP contribution < -0.4 is 4.74 Å². The molecule has 0 radical (unpaired) electrons. The predicted molar refractivity (Wildman–Crippen MR) is 74.0 cm³/mol. The van der Waals surface area contributed by atoms with Crippen molar-refractivity contribution >= 4 is 55.1 Å². The van der Waals surface area contributed by atoms with Gasteiger partial charge in [-0.3, -0.25) is 0 Å². The smallest absolute Gasteiger partial charge is 0.238 e. The largest absolute Gasteiger partial charge is 0.436 e. The molecule has 1 aromatic heterocycles. The van der Waals surface area contributed by atoms with E-state index in [9.17, 15) is 0 Å². The maximum atomic E-state index is 6.00. The highest BCUT2D eigenvalue weighted by Gasteiger charge is 2.11. The summed E-state index contributed by atoms with van der Waals surface area (Å²) in [6.45, 7) is 0. The van der Waals surface area contributed by atoms with Gasteiger partial charge in [0.1, 0.15) is 16.5 Å². The number of nitrogens with zero attached hydrogens (tertiary/aromatic N) is 2. The van der Waals surface area contributed by atoms with Crippen LogP contribution in [0.4, 0.5) is 0 Å². The van der Waals surface area contributed by atoms with Gasteiger partial charge in [0.25, 0.3) is 0 Å². The molecule has 88 valence electrons. The van der Waals surface area contributed by atoms with E-state index < -0.39 is 0 Å². The average Bonchev–Trinajstić information content (AvgIpc) is 2.30. The molecule has 0 atom stereocenters. The molecule has 0 amide bonds.